The molecule has 39 heavy (non-hydrogen) atoms. The summed E-state index contributed by atoms with van der Waals surface area (Å²) in [7, 11) is 0. The predicted octanol–water partition coefficient (Wildman–Crippen LogP) is 5.44. The van der Waals surface area contributed by atoms with Gasteiger partial charge in [0.25, 0.3) is 0 Å². The lowest BCUT2D eigenvalue weighted by atomic mass is 9.76. The van der Waals surface area contributed by atoms with Crippen molar-refractivity contribution in [2.24, 2.45) is 0 Å². The molecule has 1 fully saturated rings. The Bertz CT molecular complexity index is 1330. The molecule has 0 spiro atoms. The summed E-state index contributed by atoms with van der Waals surface area (Å²) in [4.78, 5) is 24.5. The van der Waals surface area contributed by atoms with Crippen LogP contribution >= 0.6 is 0 Å². The highest BCUT2D eigenvalue weighted by molar-refractivity contribution is 5.66. The summed E-state index contributed by atoms with van der Waals surface area (Å²) in [5, 5.41) is 10.2. The zero-order chi connectivity index (χ0) is 27.5. The van der Waals surface area contributed by atoms with E-state index in [1.54, 1.807) is 18.3 Å². The highest BCUT2D eigenvalue weighted by atomic mass is 19.2. The maximum Gasteiger partial charge on any atom is 0.407 e. The molecule has 3 unspecified atom stereocenters. The standard InChI is InChI=1S/C28H28F4N4O3/c29-8-9-39-27-33-13-18-15-35(16-25(18)34-27)19-6-7-20(21-11-23(31)24(32)12-22(21)30)26(10-19)36(28(37)38)14-17-4-2-1-3-5-17/h1-5,11-13,19-20,26H,6-10,14-16H2,(H,37,38). The van der Waals surface area contributed by atoms with Crippen molar-refractivity contribution in [3.63, 3.8) is 0 Å². The lowest BCUT2D eigenvalue weighted by molar-refractivity contribution is 0.0596. The van der Waals surface area contributed by atoms with Gasteiger partial charge in [0.2, 0.25) is 0 Å². The van der Waals surface area contributed by atoms with E-state index in [-0.39, 0.29) is 30.8 Å². The van der Waals surface area contributed by atoms with E-state index >= 15 is 0 Å². The summed E-state index contributed by atoms with van der Waals surface area (Å²) in [6.07, 6.45) is 1.79. The Labute approximate surface area is 223 Å². The lowest BCUT2D eigenvalue weighted by Crippen LogP contribution is -2.50. The molecule has 0 saturated heterocycles. The summed E-state index contributed by atoms with van der Waals surface area (Å²) < 4.78 is 60.6. The van der Waals surface area contributed by atoms with Gasteiger partial charge in [-0.05, 0) is 36.5 Å². The van der Waals surface area contributed by atoms with Gasteiger partial charge in [-0.3, -0.25) is 4.90 Å². The molecule has 2 aromatic carbocycles. The molecule has 206 valence electrons. The van der Waals surface area contributed by atoms with Gasteiger partial charge in [-0.25, -0.2) is 27.3 Å². The quantitative estimate of drug-likeness (QED) is 0.301. The number of halogens is 4. The van der Waals surface area contributed by atoms with Crippen molar-refractivity contribution in [3.05, 3.63) is 88.5 Å². The SMILES string of the molecule is O=C(O)N(Cc1ccccc1)C1CC(N2Cc3cnc(OCCF)nc3C2)CCC1c1cc(F)c(F)cc1F. The third-order valence-corrected chi connectivity index (χ3v) is 7.55. The first-order valence-corrected chi connectivity index (χ1v) is 12.8. The average molecular weight is 545 g/mol. The number of fused-ring (bicyclic) bond motifs is 1. The van der Waals surface area contributed by atoms with Gasteiger partial charge >= 0.3 is 12.1 Å². The zero-order valence-corrected chi connectivity index (χ0v) is 21.1. The molecule has 1 saturated carbocycles. The van der Waals surface area contributed by atoms with Crippen molar-refractivity contribution in [1.29, 1.82) is 0 Å². The van der Waals surface area contributed by atoms with Crippen LogP contribution in [0.1, 0.15) is 47.6 Å². The van der Waals surface area contributed by atoms with Crippen LogP contribution in [0.25, 0.3) is 0 Å². The van der Waals surface area contributed by atoms with Crippen LogP contribution in [0.3, 0.4) is 0 Å². The van der Waals surface area contributed by atoms with Gasteiger partial charge < -0.3 is 14.7 Å². The second-order valence-corrected chi connectivity index (χ2v) is 9.89. The highest BCUT2D eigenvalue weighted by Crippen LogP contribution is 2.41. The molecule has 0 radical (unpaired) electrons. The molecule has 0 bridgehead atoms. The molecule has 11 heteroatoms. The Hall–Kier alpha value is -3.73. The number of aromatic nitrogens is 2. The van der Waals surface area contributed by atoms with E-state index < -0.39 is 42.2 Å². The number of ether oxygens (including phenoxy) is 1. The van der Waals surface area contributed by atoms with E-state index in [1.807, 2.05) is 18.2 Å². The minimum atomic E-state index is -1.29. The molecule has 1 N–H and O–H groups in total. The fourth-order valence-electron chi connectivity index (χ4n) is 5.71. The average Bonchev–Trinajstić information content (AvgIpc) is 3.36. The van der Waals surface area contributed by atoms with Crippen molar-refractivity contribution in [2.45, 2.75) is 56.9 Å². The topological polar surface area (TPSA) is 78.8 Å². The minimum Gasteiger partial charge on any atom is -0.465 e. The molecular formula is C28H28F4N4O3. The van der Waals surface area contributed by atoms with Gasteiger partial charge in [0.15, 0.2) is 11.6 Å². The first-order chi connectivity index (χ1) is 18.8. The van der Waals surface area contributed by atoms with Gasteiger partial charge in [0.1, 0.15) is 19.1 Å². The molecule has 1 aliphatic heterocycles. The molecule has 2 aliphatic rings. The molecule has 1 aromatic heterocycles. The van der Waals surface area contributed by atoms with Gasteiger partial charge in [-0.2, -0.15) is 4.98 Å². The maximum atomic E-state index is 14.9. The van der Waals surface area contributed by atoms with E-state index in [0.717, 1.165) is 22.9 Å². The van der Waals surface area contributed by atoms with Crippen LogP contribution in [-0.4, -0.2) is 56.3 Å². The van der Waals surface area contributed by atoms with Crippen LogP contribution in [0.5, 0.6) is 6.01 Å². The second kappa shape index (κ2) is 11.6. The van der Waals surface area contributed by atoms with Gasteiger partial charge in [0, 0.05) is 55.5 Å². The molecule has 7 nitrogen and oxygen atoms in total. The number of alkyl halides is 1. The zero-order valence-electron chi connectivity index (χ0n) is 21.1. The Kier molecular flexibility index (Phi) is 7.97. The van der Waals surface area contributed by atoms with Crippen LogP contribution < -0.4 is 4.74 Å². The van der Waals surface area contributed by atoms with E-state index in [4.69, 9.17) is 4.74 Å². The van der Waals surface area contributed by atoms with E-state index in [1.165, 1.54) is 4.90 Å². The van der Waals surface area contributed by atoms with E-state index in [0.29, 0.717) is 38.4 Å². The summed E-state index contributed by atoms with van der Waals surface area (Å²) in [6.45, 7) is 0.277. The number of carbonyl (C=O) groups is 1. The van der Waals surface area contributed by atoms with Crippen LogP contribution in [0.4, 0.5) is 22.4 Å². The molecular weight excluding hydrogens is 516 g/mol. The first kappa shape index (κ1) is 26.9. The van der Waals surface area contributed by atoms with Crippen molar-refractivity contribution >= 4 is 6.09 Å². The largest absolute Gasteiger partial charge is 0.465 e. The van der Waals surface area contributed by atoms with Crippen molar-refractivity contribution in [1.82, 2.24) is 19.8 Å². The number of amides is 1. The highest BCUT2D eigenvalue weighted by Gasteiger charge is 2.42. The van der Waals surface area contributed by atoms with E-state index in [2.05, 4.69) is 14.9 Å². The summed E-state index contributed by atoms with van der Waals surface area (Å²) >= 11 is 0. The molecule has 1 amide bonds. The van der Waals surface area contributed by atoms with Crippen LogP contribution in [-0.2, 0) is 19.6 Å². The summed E-state index contributed by atoms with van der Waals surface area (Å²) in [5.74, 6) is -4.01. The maximum absolute atomic E-state index is 14.9. The predicted molar refractivity (Wildman–Crippen MR) is 133 cm³/mol. The van der Waals surface area contributed by atoms with Crippen molar-refractivity contribution in [2.75, 3.05) is 13.3 Å². The number of nitrogens with zero attached hydrogens (tertiary/aromatic N) is 4. The third kappa shape index (κ3) is 5.83. The summed E-state index contributed by atoms with van der Waals surface area (Å²) in [6, 6.07) is 9.75. The van der Waals surface area contributed by atoms with Crippen molar-refractivity contribution in [3.8, 4) is 6.01 Å². The smallest absolute Gasteiger partial charge is 0.407 e. The number of hydrogen-bond acceptors (Lipinski definition) is 5. The lowest BCUT2D eigenvalue weighted by Gasteiger charge is -2.44. The molecule has 1 aliphatic carbocycles. The first-order valence-electron chi connectivity index (χ1n) is 12.8. The number of hydrogen-bond donors (Lipinski definition) is 1. The number of carboxylic acid groups (broad SMARTS) is 1. The third-order valence-electron chi connectivity index (χ3n) is 7.55. The number of rotatable bonds is 8. The van der Waals surface area contributed by atoms with E-state index in [9.17, 15) is 27.5 Å². The van der Waals surface area contributed by atoms with Crippen LogP contribution in [0.15, 0.2) is 48.7 Å². The molecule has 3 atom stereocenters. The Morgan fingerprint density at radius 3 is 2.59 bits per heavy atom. The fourth-order valence-corrected chi connectivity index (χ4v) is 5.71. The fraction of sp³-hybridized carbons (Fsp3) is 0.393. The summed E-state index contributed by atoms with van der Waals surface area (Å²) in [5.41, 5.74) is 2.38. The van der Waals surface area contributed by atoms with Crippen molar-refractivity contribution < 1.29 is 32.2 Å². The molecule has 2 heterocycles. The van der Waals surface area contributed by atoms with Crippen LogP contribution in [0.2, 0.25) is 0 Å². The Morgan fingerprint density at radius 2 is 1.85 bits per heavy atom. The Morgan fingerprint density at radius 1 is 1.08 bits per heavy atom. The molecule has 5 rings (SSSR count). The minimum absolute atomic E-state index is 0.0260. The number of benzene rings is 2. The van der Waals surface area contributed by atoms with Gasteiger partial charge in [-0.1, -0.05) is 30.3 Å². The second-order valence-electron chi connectivity index (χ2n) is 9.89. The monoisotopic (exact) mass is 544 g/mol. The van der Waals surface area contributed by atoms with Gasteiger partial charge in [-0.15, -0.1) is 0 Å². The molecule has 3 aromatic rings. The van der Waals surface area contributed by atoms with Gasteiger partial charge in [0.05, 0.1) is 5.69 Å². The normalized spacial score (nSPS) is 21.0. The van der Waals surface area contributed by atoms with Crippen LogP contribution in [0, 0.1) is 17.5 Å². The Balaban J connectivity index is 1.43.